The number of halogens is 1. The lowest BCUT2D eigenvalue weighted by Gasteiger charge is -2.04. The summed E-state index contributed by atoms with van der Waals surface area (Å²) in [6.07, 6.45) is 0. The molecule has 0 aliphatic heterocycles. The molecule has 0 heterocycles. The van der Waals surface area contributed by atoms with Crippen molar-refractivity contribution < 1.29 is 19.4 Å². The Morgan fingerprint density at radius 2 is 1.90 bits per heavy atom. The van der Waals surface area contributed by atoms with Gasteiger partial charge in [-0.2, -0.15) is 5.11 Å². The highest BCUT2D eigenvalue weighted by atomic mass is 35.5. The minimum absolute atomic E-state index is 0.163. The van der Waals surface area contributed by atoms with Crippen LogP contribution in [0, 0.1) is 0 Å². The number of ether oxygens (including phenoxy) is 2. The zero-order valence-corrected chi connectivity index (χ0v) is 12.6. The van der Waals surface area contributed by atoms with Gasteiger partial charge in [0.15, 0.2) is 0 Å². The van der Waals surface area contributed by atoms with Crippen LogP contribution in [-0.4, -0.2) is 30.2 Å². The molecule has 0 aliphatic rings. The number of nitrogens with zero attached hydrogens (tertiary/aromatic N) is 2. The van der Waals surface area contributed by atoms with Gasteiger partial charge in [0.25, 0.3) is 0 Å². The fraction of sp³-hybridized carbons (Fsp3) is 0.357. The van der Waals surface area contributed by atoms with Crippen molar-refractivity contribution in [1.82, 2.24) is 0 Å². The molecule has 0 saturated heterocycles. The van der Waals surface area contributed by atoms with Crippen LogP contribution in [0.15, 0.2) is 46.0 Å². The van der Waals surface area contributed by atoms with Crippen molar-refractivity contribution >= 4 is 23.3 Å². The van der Waals surface area contributed by atoms with E-state index in [9.17, 15) is 9.90 Å². The molecule has 0 fully saturated rings. The van der Waals surface area contributed by atoms with Crippen LogP contribution in [0.1, 0.15) is 13.8 Å². The maximum atomic E-state index is 11.6. The Hall–Kier alpha value is -2.08. The molecule has 0 aliphatic carbocycles. The lowest BCUT2D eigenvalue weighted by Crippen LogP contribution is -2.09. The van der Waals surface area contributed by atoms with Gasteiger partial charge in [-0.3, -0.25) is 0 Å². The SMILES string of the molecule is CCOC(=O)/C(N=Nc1ccc(OCC)cc1)=C(/O)CCl. The predicted octanol–water partition coefficient (Wildman–Crippen LogP) is 3.74. The lowest BCUT2D eigenvalue weighted by atomic mass is 10.3. The van der Waals surface area contributed by atoms with Gasteiger partial charge in [0, 0.05) is 0 Å². The largest absolute Gasteiger partial charge is 0.508 e. The van der Waals surface area contributed by atoms with E-state index in [1.807, 2.05) is 6.92 Å². The molecule has 0 spiro atoms. The van der Waals surface area contributed by atoms with Gasteiger partial charge in [0.05, 0.1) is 24.8 Å². The second-order valence-electron chi connectivity index (χ2n) is 3.78. The highest BCUT2D eigenvalue weighted by Crippen LogP contribution is 2.20. The Balaban J connectivity index is 2.90. The van der Waals surface area contributed by atoms with Crippen LogP contribution >= 0.6 is 11.6 Å². The highest BCUT2D eigenvalue weighted by Gasteiger charge is 2.16. The van der Waals surface area contributed by atoms with E-state index in [1.165, 1.54) is 0 Å². The first-order chi connectivity index (χ1) is 10.1. The number of rotatable bonds is 7. The van der Waals surface area contributed by atoms with Gasteiger partial charge < -0.3 is 14.6 Å². The molecule has 0 bridgehead atoms. The minimum atomic E-state index is -0.773. The topological polar surface area (TPSA) is 80.5 Å². The number of hydrogen-bond donors (Lipinski definition) is 1. The van der Waals surface area contributed by atoms with E-state index in [4.69, 9.17) is 21.1 Å². The third-order valence-electron chi connectivity index (χ3n) is 2.28. The molecule has 1 aromatic rings. The van der Waals surface area contributed by atoms with Crippen molar-refractivity contribution in [3.63, 3.8) is 0 Å². The molecule has 1 rings (SSSR count). The number of carbonyl (C=O) groups is 1. The first kappa shape index (κ1) is 17.0. The summed E-state index contributed by atoms with van der Waals surface area (Å²) in [6.45, 7) is 4.27. The smallest absolute Gasteiger partial charge is 0.362 e. The van der Waals surface area contributed by atoms with E-state index >= 15 is 0 Å². The van der Waals surface area contributed by atoms with Crippen LogP contribution in [0.5, 0.6) is 5.75 Å². The molecule has 0 aromatic heterocycles. The maximum Gasteiger partial charge on any atom is 0.362 e. The molecule has 1 aromatic carbocycles. The minimum Gasteiger partial charge on any atom is -0.508 e. The zero-order valence-electron chi connectivity index (χ0n) is 11.9. The highest BCUT2D eigenvalue weighted by molar-refractivity contribution is 6.19. The van der Waals surface area contributed by atoms with E-state index in [2.05, 4.69) is 10.2 Å². The van der Waals surface area contributed by atoms with Gasteiger partial charge in [-0.15, -0.1) is 16.7 Å². The summed E-state index contributed by atoms with van der Waals surface area (Å²) in [5.41, 5.74) is 0.198. The Kier molecular flexibility index (Phi) is 7.25. The molecule has 114 valence electrons. The summed E-state index contributed by atoms with van der Waals surface area (Å²) in [5, 5.41) is 17.2. The molecule has 0 radical (unpaired) electrons. The first-order valence-electron chi connectivity index (χ1n) is 6.42. The molecular formula is C14H17ClN2O4. The van der Waals surface area contributed by atoms with Crippen molar-refractivity contribution in [2.24, 2.45) is 10.2 Å². The van der Waals surface area contributed by atoms with Gasteiger partial charge >= 0.3 is 5.97 Å². The van der Waals surface area contributed by atoms with Crippen molar-refractivity contribution in [2.75, 3.05) is 19.1 Å². The Bertz CT molecular complexity index is 526. The van der Waals surface area contributed by atoms with Crippen LogP contribution in [0.4, 0.5) is 5.69 Å². The second kappa shape index (κ2) is 8.97. The number of aliphatic hydroxyl groups is 1. The molecule has 0 saturated carbocycles. The van der Waals surface area contributed by atoms with Crippen LogP contribution in [0.25, 0.3) is 0 Å². The van der Waals surface area contributed by atoms with E-state index in [0.29, 0.717) is 18.0 Å². The monoisotopic (exact) mass is 312 g/mol. The Morgan fingerprint density at radius 3 is 2.43 bits per heavy atom. The molecule has 0 amide bonds. The fourth-order valence-electron chi connectivity index (χ4n) is 1.36. The van der Waals surface area contributed by atoms with E-state index in [1.54, 1.807) is 31.2 Å². The van der Waals surface area contributed by atoms with Crippen molar-refractivity contribution in [1.29, 1.82) is 0 Å². The van der Waals surface area contributed by atoms with Gasteiger partial charge in [-0.25, -0.2) is 4.79 Å². The Labute approximate surface area is 128 Å². The summed E-state index contributed by atoms with van der Waals surface area (Å²) in [4.78, 5) is 11.6. The maximum absolute atomic E-state index is 11.6. The molecule has 0 unspecified atom stereocenters. The molecule has 7 heteroatoms. The summed E-state index contributed by atoms with van der Waals surface area (Å²) in [5.74, 6) is -0.701. The normalized spacial score (nSPS) is 12.1. The lowest BCUT2D eigenvalue weighted by molar-refractivity contribution is -0.138. The summed E-state index contributed by atoms with van der Waals surface area (Å²) in [6, 6.07) is 6.81. The molecule has 1 N–H and O–H groups in total. The van der Waals surface area contributed by atoms with Gasteiger partial charge in [0.1, 0.15) is 11.5 Å². The summed E-state index contributed by atoms with van der Waals surface area (Å²) < 4.78 is 10.1. The van der Waals surface area contributed by atoms with Crippen LogP contribution < -0.4 is 4.74 Å². The molecule has 21 heavy (non-hydrogen) atoms. The number of carbonyl (C=O) groups excluding carboxylic acids is 1. The third-order valence-corrected chi connectivity index (χ3v) is 2.54. The van der Waals surface area contributed by atoms with E-state index in [0.717, 1.165) is 0 Å². The number of allylic oxidation sites excluding steroid dienone is 1. The quantitative estimate of drug-likeness (QED) is 0.273. The molecular weight excluding hydrogens is 296 g/mol. The van der Waals surface area contributed by atoms with Crippen molar-refractivity contribution in [2.45, 2.75) is 13.8 Å². The Morgan fingerprint density at radius 1 is 1.24 bits per heavy atom. The predicted molar refractivity (Wildman–Crippen MR) is 79.1 cm³/mol. The number of aliphatic hydroxyl groups excluding tert-OH is 1. The number of benzene rings is 1. The number of hydrogen-bond acceptors (Lipinski definition) is 6. The fourth-order valence-corrected chi connectivity index (χ4v) is 1.49. The number of azo groups is 1. The van der Waals surface area contributed by atoms with Gasteiger partial charge in [0.2, 0.25) is 5.70 Å². The van der Waals surface area contributed by atoms with Gasteiger partial charge in [-0.05, 0) is 38.1 Å². The first-order valence-corrected chi connectivity index (χ1v) is 6.95. The van der Waals surface area contributed by atoms with Crippen LogP contribution in [0.2, 0.25) is 0 Å². The number of esters is 1. The second-order valence-corrected chi connectivity index (χ2v) is 4.04. The average Bonchev–Trinajstić information content (AvgIpc) is 2.49. The van der Waals surface area contributed by atoms with Crippen molar-refractivity contribution in [3.05, 3.63) is 35.7 Å². The zero-order chi connectivity index (χ0) is 15.7. The standard InChI is InChI=1S/C14H17ClN2O4/c1-3-20-11-7-5-10(6-8-11)16-17-13(12(18)9-15)14(19)21-4-2/h5-8,18H,3-4,9H2,1-2H3/b13-12-,17-16?. The van der Waals surface area contributed by atoms with Crippen molar-refractivity contribution in [3.8, 4) is 5.75 Å². The molecule has 6 nitrogen and oxygen atoms in total. The number of alkyl halides is 1. The third kappa shape index (κ3) is 5.43. The van der Waals surface area contributed by atoms with E-state index < -0.39 is 5.97 Å². The summed E-state index contributed by atoms with van der Waals surface area (Å²) >= 11 is 5.49. The average molecular weight is 313 g/mol. The van der Waals surface area contributed by atoms with Crippen LogP contribution in [0.3, 0.4) is 0 Å². The van der Waals surface area contributed by atoms with E-state index in [-0.39, 0.29) is 23.9 Å². The van der Waals surface area contributed by atoms with Gasteiger partial charge in [-0.1, -0.05) is 0 Å². The summed E-state index contributed by atoms with van der Waals surface area (Å²) in [7, 11) is 0. The molecule has 0 atom stereocenters. The van der Waals surface area contributed by atoms with Crippen LogP contribution in [-0.2, 0) is 9.53 Å².